The summed E-state index contributed by atoms with van der Waals surface area (Å²) in [6.45, 7) is 5.64. The molecule has 1 aromatic rings. The predicted molar refractivity (Wildman–Crippen MR) is 76.4 cm³/mol. The van der Waals surface area contributed by atoms with Gasteiger partial charge in [0.25, 0.3) is 0 Å². The molecule has 2 atom stereocenters. The Kier molecular flexibility index (Phi) is 4.55. The zero-order valence-corrected chi connectivity index (χ0v) is 13.3. The van der Waals surface area contributed by atoms with Gasteiger partial charge in [0.2, 0.25) is 0 Å². The molecule has 1 aromatic carbocycles. The van der Waals surface area contributed by atoms with Crippen LogP contribution in [0, 0.1) is 47.4 Å². The molecule has 6 heteroatoms. The topological polar surface area (TPSA) is 26.3 Å². The van der Waals surface area contributed by atoms with Crippen molar-refractivity contribution < 1.29 is 27.1 Å². The smallest absolute Gasteiger partial charge is 0.310 e. The minimum absolute atomic E-state index is 0.0267. The van der Waals surface area contributed by atoms with Gasteiger partial charge in [0.05, 0.1) is 11.5 Å². The van der Waals surface area contributed by atoms with Crippen LogP contribution >= 0.6 is 0 Å². The van der Waals surface area contributed by atoms with E-state index in [2.05, 4.69) is 0 Å². The maximum atomic E-state index is 13.7. The summed E-state index contributed by atoms with van der Waals surface area (Å²) in [6, 6.07) is 0. The van der Waals surface area contributed by atoms with Crippen molar-refractivity contribution in [2.24, 2.45) is 17.3 Å². The van der Waals surface area contributed by atoms with Crippen LogP contribution in [0.3, 0.4) is 0 Å². The lowest BCUT2D eigenvalue weighted by Crippen LogP contribution is -2.14. The third-order valence-electron chi connectivity index (χ3n) is 4.50. The fourth-order valence-electron chi connectivity index (χ4n) is 2.84. The number of benzene rings is 1. The van der Waals surface area contributed by atoms with E-state index in [1.165, 1.54) is 0 Å². The van der Waals surface area contributed by atoms with Crippen molar-refractivity contribution in [2.45, 2.75) is 34.3 Å². The molecule has 126 valence electrons. The Hall–Kier alpha value is -1.85. The second kappa shape index (κ2) is 5.98. The Morgan fingerprint density at radius 2 is 1.65 bits per heavy atom. The second-order valence-corrected chi connectivity index (χ2v) is 6.32. The van der Waals surface area contributed by atoms with E-state index in [-0.39, 0.29) is 11.3 Å². The van der Waals surface area contributed by atoms with Crippen molar-refractivity contribution in [1.82, 2.24) is 0 Å². The lowest BCUT2D eigenvalue weighted by Gasteiger charge is -2.10. The summed E-state index contributed by atoms with van der Waals surface area (Å²) in [4.78, 5) is 12.1. The van der Waals surface area contributed by atoms with Gasteiger partial charge in [-0.15, -0.1) is 0 Å². The fraction of sp³-hybridized carbons (Fsp3) is 0.471. The van der Waals surface area contributed by atoms with E-state index in [0.717, 1.165) is 6.92 Å². The summed E-state index contributed by atoms with van der Waals surface area (Å²) in [5.41, 5.74) is -1.98. The summed E-state index contributed by atoms with van der Waals surface area (Å²) in [5.74, 6) is -7.13. The van der Waals surface area contributed by atoms with Crippen molar-refractivity contribution in [3.8, 4) is 0 Å². The number of allylic oxidation sites excluding steroid dienone is 2. The minimum Gasteiger partial charge on any atom is -0.460 e. The van der Waals surface area contributed by atoms with E-state index in [4.69, 9.17) is 4.74 Å². The molecule has 0 saturated heterocycles. The van der Waals surface area contributed by atoms with Crippen LogP contribution < -0.4 is 0 Å². The summed E-state index contributed by atoms with van der Waals surface area (Å²) in [7, 11) is 0. The largest absolute Gasteiger partial charge is 0.460 e. The molecular formula is C17H18F4O2. The first-order valence-corrected chi connectivity index (χ1v) is 7.25. The minimum atomic E-state index is -1.53. The summed E-state index contributed by atoms with van der Waals surface area (Å²) >= 11 is 0. The molecule has 0 heterocycles. The number of rotatable bonds is 4. The van der Waals surface area contributed by atoms with Crippen LogP contribution in [0.4, 0.5) is 17.6 Å². The molecule has 0 radical (unpaired) electrons. The Morgan fingerprint density at radius 3 is 2.13 bits per heavy atom. The molecule has 1 fully saturated rings. The maximum absolute atomic E-state index is 13.7. The van der Waals surface area contributed by atoms with E-state index in [1.807, 2.05) is 32.9 Å². The van der Waals surface area contributed by atoms with Crippen LogP contribution in [0.2, 0.25) is 0 Å². The monoisotopic (exact) mass is 330 g/mol. The van der Waals surface area contributed by atoms with E-state index in [9.17, 15) is 22.4 Å². The van der Waals surface area contributed by atoms with Crippen molar-refractivity contribution in [2.75, 3.05) is 0 Å². The van der Waals surface area contributed by atoms with Crippen molar-refractivity contribution in [3.63, 3.8) is 0 Å². The van der Waals surface area contributed by atoms with Gasteiger partial charge in [-0.1, -0.05) is 26.0 Å². The van der Waals surface area contributed by atoms with Crippen LogP contribution in [-0.2, 0) is 16.1 Å². The molecule has 0 spiro atoms. The number of carbonyl (C=O) groups excluding carboxylic acids is 1. The number of hydrogen-bond donors (Lipinski definition) is 0. The van der Waals surface area contributed by atoms with Crippen molar-refractivity contribution in [3.05, 3.63) is 46.5 Å². The summed E-state index contributed by atoms with van der Waals surface area (Å²) in [6.07, 6.45) is 3.67. The van der Waals surface area contributed by atoms with E-state index < -0.39 is 52.9 Å². The first-order valence-electron chi connectivity index (χ1n) is 7.25. The van der Waals surface area contributed by atoms with Gasteiger partial charge in [-0.25, -0.2) is 17.6 Å². The lowest BCUT2D eigenvalue weighted by atomic mass is 10.1. The Labute approximate surface area is 132 Å². The molecule has 0 bridgehead atoms. The molecule has 2 rings (SSSR count). The van der Waals surface area contributed by atoms with E-state index in [1.54, 1.807) is 0 Å². The van der Waals surface area contributed by atoms with Gasteiger partial charge < -0.3 is 4.74 Å². The molecule has 0 amide bonds. The molecule has 1 aliphatic carbocycles. The first-order chi connectivity index (χ1) is 10.6. The molecule has 23 heavy (non-hydrogen) atoms. The molecule has 1 aliphatic rings. The van der Waals surface area contributed by atoms with Gasteiger partial charge in [-0.05, 0) is 25.2 Å². The van der Waals surface area contributed by atoms with E-state index >= 15 is 0 Å². The van der Waals surface area contributed by atoms with Gasteiger partial charge in [-0.3, -0.25) is 4.79 Å². The third-order valence-corrected chi connectivity index (χ3v) is 4.50. The third kappa shape index (κ3) is 2.86. The molecule has 2 nitrogen and oxygen atoms in total. The average Bonchev–Trinajstić information content (AvgIpc) is 3.04. The highest BCUT2D eigenvalue weighted by atomic mass is 19.2. The number of ether oxygens (including phenoxy) is 1. The first kappa shape index (κ1) is 17.5. The number of hydrogen-bond acceptors (Lipinski definition) is 2. The van der Waals surface area contributed by atoms with Gasteiger partial charge in [0.1, 0.15) is 6.61 Å². The van der Waals surface area contributed by atoms with Crippen molar-refractivity contribution >= 4 is 5.97 Å². The van der Waals surface area contributed by atoms with Gasteiger partial charge in [0, 0.05) is 5.56 Å². The Balaban J connectivity index is 2.15. The van der Waals surface area contributed by atoms with Crippen LogP contribution in [0.25, 0.3) is 0 Å². The van der Waals surface area contributed by atoms with E-state index in [0.29, 0.717) is 0 Å². The molecular weight excluding hydrogens is 312 g/mol. The Morgan fingerprint density at radius 1 is 1.13 bits per heavy atom. The van der Waals surface area contributed by atoms with Crippen LogP contribution in [-0.4, -0.2) is 5.97 Å². The number of carbonyl (C=O) groups is 1. The van der Waals surface area contributed by atoms with Crippen LogP contribution in [0.5, 0.6) is 0 Å². The number of halogens is 4. The lowest BCUT2D eigenvalue weighted by molar-refractivity contribution is -0.147. The maximum Gasteiger partial charge on any atom is 0.310 e. The molecule has 0 unspecified atom stereocenters. The standard InChI is InChI=1S/C17H18F4O2/c1-5-6-10-11(17(10,3)4)16(22)23-7-9-14(20)12(18)8(2)13(19)15(9)21/h5-6,10-11H,7H2,1-4H3/b6-5-/t10-,11+/m0/s1. The normalized spacial score (nSPS) is 22.4. The molecule has 1 saturated carbocycles. The highest BCUT2D eigenvalue weighted by molar-refractivity contribution is 5.78. The van der Waals surface area contributed by atoms with Gasteiger partial charge in [0.15, 0.2) is 23.3 Å². The van der Waals surface area contributed by atoms with Gasteiger partial charge in [-0.2, -0.15) is 0 Å². The highest BCUT2D eigenvalue weighted by Crippen LogP contribution is 2.59. The summed E-state index contributed by atoms with van der Waals surface area (Å²) in [5, 5.41) is 0. The zero-order valence-electron chi connectivity index (χ0n) is 13.3. The predicted octanol–water partition coefficient (Wildman–Crippen LogP) is 4.44. The van der Waals surface area contributed by atoms with Crippen molar-refractivity contribution in [1.29, 1.82) is 0 Å². The SMILES string of the molecule is C/C=C\[C@H]1[C@H](C(=O)OCc2c(F)c(F)c(C)c(F)c2F)C1(C)C. The Bertz CT molecular complexity index is 651. The zero-order chi connectivity index (χ0) is 17.5. The average molecular weight is 330 g/mol. The molecule has 0 aromatic heterocycles. The number of esters is 1. The summed E-state index contributed by atoms with van der Waals surface area (Å²) < 4.78 is 59.3. The fourth-order valence-corrected chi connectivity index (χ4v) is 2.84. The highest BCUT2D eigenvalue weighted by Gasteiger charge is 2.61. The second-order valence-electron chi connectivity index (χ2n) is 6.32. The molecule has 0 N–H and O–H groups in total. The van der Waals surface area contributed by atoms with Crippen LogP contribution in [0.1, 0.15) is 31.9 Å². The van der Waals surface area contributed by atoms with Crippen LogP contribution in [0.15, 0.2) is 12.2 Å². The van der Waals surface area contributed by atoms with Gasteiger partial charge >= 0.3 is 5.97 Å². The quantitative estimate of drug-likeness (QED) is 0.353. The molecule has 0 aliphatic heterocycles.